The van der Waals surface area contributed by atoms with Crippen molar-refractivity contribution < 1.29 is 4.39 Å². The first kappa shape index (κ1) is 14.0. The van der Waals surface area contributed by atoms with Gasteiger partial charge >= 0.3 is 0 Å². The Labute approximate surface area is 117 Å². The summed E-state index contributed by atoms with van der Waals surface area (Å²) in [5.41, 5.74) is 1.45. The molecule has 0 aromatic heterocycles. The van der Waals surface area contributed by atoms with Gasteiger partial charge in [0.25, 0.3) is 0 Å². The Morgan fingerprint density at radius 2 is 2.00 bits per heavy atom. The van der Waals surface area contributed by atoms with Crippen molar-refractivity contribution in [2.75, 3.05) is 13.1 Å². The highest BCUT2D eigenvalue weighted by Crippen LogP contribution is 2.40. The van der Waals surface area contributed by atoms with Crippen molar-refractivity contribution in [3.63, 3.8) is 0 Å². The van der Waals surface area contributed by atoms with Gasteiger partial charge in [0, 0.05) is 11.0 Å². The Morgan fingerprint density at radius 1 is 1.28 bits per heavy atom. The van der Waals surface area contributed by atoms with Gasteiger partial charge in [0.2, 0.25) is 0 Å². The highest BCUT2D eigenvalue weighted by atomic mass is 79.9. The van der Waals surface area contributed by atoms with Crippen molar-refractivity contribution in [2.24, 2.45) is 5.41 Å². The molecule has 0 spiro atoms. The molecular formula is C15H21BrFN. The van der Waals surface area contributed by atoms with E-state index in [4.69, 9.17) is 0 Å². The molecule has 1 aromatic rings. The zero-order valence-electron chi connectivity index (χ0n) is 10.9. The first-order valence-corrected chi connectivity index (χ1v) is 7.58. The predicted molar refractivity (Wildman–Crippen MR) is 77.2 cm³/mol. The third-order valence-corrected chi connectivity index (χ3v) is 4.37. The molecule has 0 heterocycles. The largest absolute Gasteiger partial charge is 0.316 e. The molecule has 1 aromatic carbocycles. The second-order valence-corrected chi connectivity index (χ2v) is 6.36. The number of rotatable bonds is 5. The molecule has 3 heteroatoms. The Morgan fingerprint density at radius 3 is 2.61 bits per heavy atom. The third kappa shape index (κ3) is 3.55. The first-order valence-electron chi connectivity index (χ1n) is 6.79. The average molecular weight is 314 g/mol. The zero-order valence-corrected chi connectivity index (χ0v) is 12.5. The van der Waals surface area contributed by atoms with E-state index in [0.717, 1.165) is 29.5 Å². The van der Waals surface area contributed by atoms with Crippen molar-refractivity contribution in [1.29, 1.82) is 0 Å². The predicted octanol–water partition coefficient (Wildman–Crippen LogP) is 4.30. The van der Waals surface area contributed by atoms with Crippen LogP contribution in [0.3, 0.4) is 0 Å². The second kappa shape index (κ2) is 6.16. The van der Waals surface area contributed by atoms with Crippen LogP contribution in [0.25, 0.3) is 0 Å². The quantitative estimate of drug-likeness (QED) is 0.854. The molecule has 1 N–H and O–H groups in total. The van der Waals surface area contributed by atoms with E-state index < -0.39 is 0 Å². The summed E-state index contributed by atoms with van der Waals surface area (Å²) < 4.78 is 14.3. The highest BCUT2D eigenvalue weighted by molar-refractivity contribution is 9.10. The summed E-state index contributed by atoms with van der Waals surface area (Å²) in [5.74, 6) is -0.143. The highest BCUT2D eigenvalue weighted by Gasteiger charge is 2.33. The molecule has 0 bridgehead atoms. The summed E-state index contributed by atoms with van der Waals surface area (Å²) >= 11 is 3.38. The molecule has 1 saturated carbocycles. The minimum absolute atomic E-state index is 0.143. The third-order valence-electron chi connectivity index (χ3n) is 3.92. The minimum atomic E-state index is -0.143. The number of benzene rings is 1. The maximum Gasteiger partial charge on any atom is 0.124 e. The van der Waals surface area contributed by atoms with Crippen LogP contribution in [0, 0.1) is 11.2 Å². The average Bonchev–Trinajstić information content (AvgIpc) is 2.74. The molecule has 18 heavy (non-hydrogen) atoms. The van der Waals surface area contributed by atoms with Gasteiger partial charge in [0.05, 0.1) is 0 Å². The standard InChI is InChI=1S/C15H21BrFN/c1-2-18-11-15(5-3-4-6-15)10-12-7-13(16)9-14(17)8-12/h7-9,18H,2-6,10-11H2,1H3. The second-order valence-electron chi connectivity index (χ2n) is 5.44. The maximum atomic E-state index is 13.4. The Balaban J connectivity index is 2.12. The van der Waals surface area contributed by atoms with E-state index >= 15 is 0 Å². The van der Waals surface area contributed by atoms with Crippen LogP contribution in [0.4, 0.5) is 4.39 Å². The van der Waals surface area contributed by atoms with Gasteiger partial charge < -0.3 is 5.32 Å². The molecule has 2 rings (SSSR count). The Hall–Kier alpha value is -0.410. The summed E-state index contributed by atoms with van der Waals surface area (Å²) in [6, 6.07) is 5.25. The lowest BCUT2D eigenvalue weighted by Gasteiger charge is -2.29. The number of nitrogens with one attached hydrogen (secondary N) is 1. The van der Waals surface area contributed by atoms with Gasteiger partial charge in [-0.05, 0) is 55.0 Å². The summed E-state index contributed by atoms with van der Waals surface area (Å²) in [5, 5.41) is 3.48. The molecule has 1 nitrogen and oxygen atoms in total. The summed E-state index contributed by atoms with van der Waals surface area (Å²) in [6.45, 7) is 4.20. The van der Waals surface area contributed by atoms with Crippen LogP contribution in [0.1, 0.15) is 38.2 Å². The smallest absolute Gasteiger partial charge is 0.124 e. The molecule has 0 radical (unpaired) electrons. The Kier molecular flexibility index (Phi) is 4.79. The van der Waals surface area contributed by atoms with E-state index in [1.807, 2.05) is 0 Å². The van der Waals surface area contributed by atoms with Gasteiger partial charge in [-0.25, -0.2) is 4.39 Å². The van der Waals surface area contributed by atoms with Crippen LogP contribution in [0.15, 0.2) is 22.7 Å². The number of hydrogen-bond acceptors (Lipinski definition) is 1. The molecule has 0 unspecified atom stereocenters. The first-order chi connectivity index (χ1) is 8.63. The minimum Gasteiger partial charge on any atom is -0.316 e. The van der Waals surface area contributed by atoms with Crippen LogP contribution in [-0.2, 0) is 6.42 Å². The number of hydrogen-bond donors (Lipinski definition) is 1. The lowest BCUT2D eigenvalue weighted by molar-refractivity contribution is 0.280. The van der Waals surface area contributed by atoms with E-state index in [-0.39, 0.29) is 5.82 Å². The molecule has 1 aliphatic rings. The van der Waals surface area contributed by atoms with Crippen LogP contribution in [0.2, 0.25) is 0 Å². The van der Waals surface area contributed by atoms with Crippen molar-refractivity contribution in [3.05, 3.63) is 34.1 Å². The van der Waals surface area contributed by atoms with Crippen molar-refractivity contribution in [1.82, 2.24) is 5.32 Å². The van der Waals surface area contributed by atoms with Gasteiger partial charge in [-0.15, -0.1) is 0 Å². The van der Waals surface area contributed by atoms with E-state index in [0.29, 0.717) is 5.41 Å². The van der Waals surface area contributed by atoms with Crippen LogP contribution in [0.5, 0.6) is 0 Å². The summed E-state index contributed by atoms with van der Waals surface area (Å²) in [6.07, 6.45) is 6.11. The fourth-order valence-corrected chi connectivity index (χ4v) is 3.59. The SMILES string of the molecule is CCNCC1(Cc2cc(F)cc(Br)c2)CCCC1. The van der Waals surface area contributed by atoms with Gasteiger partial charge in [0.15, 0.2) is 0 Å². The lowest BCUT2D eigenvalue weighted by Crippen LogP contribution is -2.33. The van der Waals surface area contributed by atoms with E-state index in [1.54, 1.807) is 6.07 Å². The van der Waals surface area contributed by atoms with E-state index in [2.05, 4.69) is 34.2 Å². The topological polar surface area (TPSA) is 12.0 Å². The molecular weight excluding hydrogens is 293 g/mol. The normalized spacial score (nSPS) is 18.2. The number of halogens is 2. The van der Waals surface area contributed by atoms with Crippen LogP contribution < -0.4 is 5.32 Å². The monoisotopic (exact) mass is 313 g/mol. The van der Waals surface area contributed by atoms with Gasteiger partial charge in [-0.3, -0.25) is 0 Å². The lowest BCUT2D eigenvalue weighted by atomic mass is 9.80. The van der Waals surface area contributed by atoms with Crippen molar-refractivity contribution in [3.8, 4) is 0 Å². The fourth-order valence-electron chi connectivity index (χ4n) is 3.08. The van der Waals surface area contributed by atoms with E-state index in [9.17, 15) is 4.39 Å². The van der Waals surface area contributed by atoms with E-state index in [1.165, 1.54) is 31.7 Å². The van der Waals surface area contributed by atoms with Crippen molar-refractivity contribution in [2.45, 2.75) is 39.0 Å². The van der Waals surface area contributed by atoms with Gasteiger partial charge in [0.1, 0.15) is 5.82 Å². The van der Waals surface area contributed by atoms with Crippen LogP contribution >= 0.6 is 15.9 Å². The summed E-state index contributed by atoms with van der Waals surface area (Å²) in [7, 11) is 0. The molecule has 0 saturated heterocycles. The maximum absolute atomic E-state index is 13.4. The van der Waals surface area contributed by atoms with Gasteiger partial charge in [-0.2, -0.15) is 0 Å². The Bertz CT molecular complexity index is 379. The molecule has 1 aliphatic carbocycles. The fraction of sp³-hybridized carbons (Fsp3) is 0.600. The zero-order chi connectivity index (χ0) is 13.0. The van der Waals surface area contributed by atoms with Gasteiger partial charge in [-0.1, -0.05) is 35.7 Å². The molecule has 0 atom stereocenters. The molecule has 0 aliphatic heterocycles. The molecule has 100 valence electrons. The van der Waals surface area contributed by atoms with Crippen LogP contribution in [-0.4, -0.2) is 13.1 Å². The summed E-state index contributed by atoms with van der Waals surface area (Å²) in [4.78, 5) is 0. The molecule has 0 amide bonds. The van der Waals surface area contributed by atoms with Crippen molar-refractivity contribution >= 4 is 15.9 Å². The molecule has 1 fully saturated rings.